The molecule has 0 aliphatic carbocycles. The van der Waals surface area contributed by atoms with Gasteiger partial charge in [0.2, 0.25) is 10.0 Å². The first kappa shape index (κ1) is 18.7. The number of sulfonamides is 1. The zero-order chi connectivity index (χ0) is 19.7. The Kier molecular flexibility index (Phi) is 4.97. The zero-order valence-electron chi connectivity index (χ0n) is 15.5. The van der Waals surface area contributed by atoms with Gasteiger partial charge in [-0.3, -0.25) is 0 Å². The Hall–Kier alpha value is -2.61. The minimum Gasteiger partial charge on any atom is -0.468 e. The highest BCUT2D eigenvalue weighted by atomic mass is 32.2. The molecule has 0 spiro atoms. The fourth-order valence-electron chi connectivity index (χ4n) is 3.60. The predicted octanol–water partition coefficient (Wildman–Crippen LogP) is 3.21. The van der Waals surface area contributed by atoms with Gasteiger partial charge >= 0.3 is 0 Å². The van der Waals surface area contributed by atoms with Gasteiger partial charge < -0.3 is 14.1 Å². The molecule has 1 N–H and O–H groups in total. The number of aliphatic hydroxyl groups is 1. The molecule has 2 heterocycles. The van der Waals surface area contributed by atoms with Gasteiger partial charge in [-0.25, -0.2) is 8.42 Å². The Morgan fingerprint density at radius 1 is 1.00 bits per heavy atom. The van der Waals surface area contributed by atoms with E-state index in [-0.39, 0.29) is 19.6 Å². The molecule has 1 atom stereocenters. The number of furan rings is 1. The van der Waals surface area contributed by atoms with Gasteiger partial charge in [0.1, 0.15) is 5.76 Å². The van der Waals surface area contributed by atoms with E-state index in [9.17, 15) is 13.5 Å². The fourth-order valence-corrected chi connectivity index (χ4v) is 4.40. The summed E-state index contributed by atoms with van der Waals surface area (Å²) in [7, 11) is -3.50. The van der Waals surface area contributed by atoms with Crippen molar-refractivity contribution in [3.8, 4) is 0 Å². The highest BCUT2D eigenvalue weighted by Crippen LogP contribution is 2.29. The van der Waals surface area contributed by atoms with Crippen molar-refractivity contribution in [1.29, 1.82) is 0 Å². The number of fused-ring (bicyclic) bond motifs is 3. The molecule has 0 unspecified atom stereocenters. The van der Waals surface area contributed by atoms with Gasteiger partial charge in [0.05, 0.1) is 31.7 Å². The molecule has 0 saturated heterocycles. The van der Waals surface area contributed by atoms with Gasteiger partial charge in [0.25, 0.3) is 0 Å². The van der Waals surface area contributed by atoms with Gasteiger partial charge in [0.15, 0.2) is 0 Å². The summed E-state index contributed by atoms with van der Waals surface area (Å²) in [5.74, 6) is 0.537. The van der Waals surface area contributed by atoms with E-state index < -0.39 is 16.1 Å². The first-order valence-corrected chi connectivity index (χ1v) is 10.9. The van der Waals surface area contributed by atoms with Crippen LogP contribution in [0.15, 0.2) is 71.3 Å². The van der Waals surface area contributed by atoms with Crippen LogP contribution in [0.5, 0.6) is 0 Å². The average molecular weight is 398 g/mol. The van der Waals surface area contributed by atoms with E-state index in [1.165, 1.54) is 10.6 Å². The SMILES string of the molecule is CS(=O)(=O)N(Cc1ccco1)C[C@H](O)Cn1c2ccccc2c2ccccc21. The average Bonchev–Trinajstić information content (AvgIpc) is 3.28. The molecule has 0 radical (unpaired) electrons. The molecular formula is C21H22N2O4S. The second kappa shape index (κ2) is 7.43. The van der Waals surface area contributed by atoms with Crippen LogP contribution in [0.2, 0.25) is 0 Å². The van der Waals surface area contributed by atoms with E-state index in [4.69, 9.17) is 4.42 Å². The summed E-state index contributed by atoms with van der Waals surface area (Å²) >= 11 is 0. The van der Waals surface area contributed by atoms with E-state index in [1.54, 1.807) is 12.1 Å². The van der Waals surface area contributed by atoms with Crippen LogP contribution in [0.4, 0.5) is 0 Å². The molecule has 4 aromatic rings. The Labute approximate surface area is 163 Å². The predicted molar refractivity (Wildman–Crippen MR) is 109 cm³/mol. The van der Waals surface area contributed by atoms with E-state index in [0.717, 1.165) is 28.1 Å². The quantitative estimate of drug-likeness (QED) is 0.519. The minimum atomic E-state index is -3.50. The number of para-hydroxylation sites is 2. The van der Waals surface area contributed by atoms with Crippen molar-refractivity contribution in [3.05, 3.63) is 72.7 Å². The van der Waals surface area contributed by atoms with Gasteiger partial charge in [-0.05, 0) is 24.3 Å². The second-order valence-electron chi connectivity index (χ2n) is 6.93. The molecule has 0 fully saturated rings. The molecule has 0 saturated carbocycles. The fraction of sp³-hybridized carbons (Fsp3) is 0.238. The van der Waals surface area contributed by atoms with E-state index in [2.05, 4.69) is 12.1 Å². The number of nitrogens with zero attached hydrogens (tertiary/aromatic N) is 2. The molecular weight excluding hydrogens is 376 g/mol. The van der Waals surface area contributed by atoms with Crippen molar-refractivity contribution in [2.24, 2.45) is 0 Å². The molecule has 0 aliphatic rings. The molecule has 4 rings (SSSR count). The van der Waals surface area contributed by atoms with Gasteiger partial charge in [0, 0.05) is 28.4 Å². The van der Waals surface area contributed by atoms with Crippen LogP contribution in [0.25, 0.3) is 21.8 Å². The number of aliphatic hydroxyl groups excluding tert-OH is 1. The van der Waals surface area contributed by atoms with Crippen molar-refractivity contribution >= 4 is 31.8 Å². The first-order valence-electron chi connectivity index (χ1n) is 9.05. The van der Waals surface area contributed by atoms with E-state index in [1.807, 2.05) is 41.0 Å². The molecule has 2 aromatic carbocycles. The standard InChI is InChI=1S/C21H22N2O4S/c1-28(25,26)22(15-17-7-6-12-27-17)13-16(24)14-23-20-10-4-2-8-18(20)19-9-3-5-11-21(19)23/h2-12,16,24H,13-15H2,1H3/t16-/m0/s1. The van der Waals surface area contributed by atoms with Crippen molar-refractivity contribution in [2.75, 3.05) is 12.8 Å². The van der Waals surface area contributed by atoms with Crippen LogP contribution in [0, 0.1) is 0 Å². The minimum absolute atomic E-state index is 0.0135. The summed E-state index contributed by atoms with van der Waals surface area (Å²) in [5.41, 5.74) is 2.03. The lowest BCUT2D eigenvalue weighted by molar-refractivity contribution is 0.127. The van der Waals surface area contributed by atoms with E-state index in [0.29, 0.717) is 5.76 Å². The maximum Gasteiger partial charge on any atom is 0.211 e. The molecule has 146 valence electrons. The summed E-state index contributed by atoms with van der Waals surface area (Å²) in [6.45, 7) is 0.370. The summed E-state index contributed by atoms with van der Waals surface area (Å²) in [4.78, 5) is 0. The lowest BCUT2D eigenvalue weighted by Gasteiger charge is -2.23. The van der Waals surface area contributed by atoms with Crippen molar-refractivity contribution in [3.63, 3.8) is 0 Å². The Bertz CT molecular complexity index is 1140. The van der Waals surface area contributed by atoms with Crippen LogP contribution >= 0.6 is 0 Å². The summed E-state index contributed by atoms with van der Waals surface area (Å²) < 4.78 is 32.9. The van der Waals surface area contributed by atoms with Crippen LogP contribution in [0.3, 0.4) is 0 Å². The molecule has 0 amide bonds. The van der Waals surface area contributed by atoms with Gasteiger partial charge in [-0.2, -0.15) is 4.31 Å². The highest BCUT2D eigenvalue weighted by molar-refractivity contribution is 7.88. The third-order valence-corrected chi connectivity index (χ3v) is 6.09. The maximum absolute atomic E-state index is 12.2. The number of aromatic nitrogens is 1. The normalized spacial score (nSPS) is 13.5. The molecule has 7 heteroatoms. The summed E-state index contributed by atoms with van der Waals surface area (Å²) in [6.07, 6.45) is 1.77. The number of hydrogen-bond acceptors (Lipinski definition) is 4. The first-order chi connectivity index (χ1) is 13.4. The molecule has 2 aromatic heterocycles. The lowest BCUT2D eigenvalue weighted by Crippen LogP contribution is -2.38. The Morgan fingerprint density at radius 2 is 1.61 bits per heavy atom. The van der Waals surface area contributed by atoms with E-state index >= 15 is 0 Å². The van der Waals surface area contributed by atoms with Crippen molar-refractivity contribution in [1.82, 2.24) is 8.87 Å². The second-order valence-corrected chi connectivity index (χ2v) is 8.92. The third-order valence-electron chi connectivity index (χ3n) is 4.87. The van der Waals surface area contributed by atoms with Gasteiger partial charge in [-0.15, -0.1) is 0 Å². The maximum atomic E-state index is 12.2. The number of benzene rings is 2. The van der Waals surface area contributed by atoms with Crippen LogP contribution in [-0.4, -0.2) is 41.3 Å². The smallest absolute Gasteiger partial charge is 0.211 e. The molecule has 28 heavy (non-hydrogen) atoms. The largest absolute Gasteiger partial charge is 0.468 e. The number of rotatable bonds is 7. The summed E-state index contributed by atoms with van der Waals surface area (Å²) in [6, 6.07) is 19.5. The topological polar surface area (TPSA) is 75.7 Å². The molecule has 0 bridgehead atoms. The van der Waals surface area contributed by atoms with Gasteiger partial charge in [-0.1, -0.05) is 36.4 Å². The Morgan fingerprint density at radius 3 is 2.14 bits per heavy atom. The van der Waals surface area contributed by atoms with Crippen LogP contribution < -0.4 is 0 Å². The highest BCUT2D eigenvalue weighted by Gasteiger charge is 2.23. The van der Waals surface area contributed by atoms with Crippen LogP contribution in [-0.2, 0) is 23.1 Å². The van der Waals surface area contributed by atoms with Crippen molar-refractivity contribution in [2.45, 2.75) is 19.2 Å². The molecule has 0 aliphatic heterocycles. The number of hydrogen-bond donors (Lipinski definition) is 1. The Balaban J connectivity index is 1.63. The third kappa shape index (κ3) is 3.69. The molecule has 6 nitrogen and oxygen atoms in total. The summed E-state index contributed by atoms with van der Waals surface area (Å²) in [5, 5.41) is 13.0. The van der Waals surface area contributed by atoms with Crippen LogP contribution in [0.1, 0.15) is 5.76 Å². The lowest BCUT2D eigenvalue weighted by atomic mass is 10.2. The van der Waals surface area contributed by atoms with Crippen molar-refractivity contribution < 1.29 is 17.9 Å². The zero-order valence-corrected chi connectivity index (χ0v) is 16.3. The monoisotopic (exact) mass is 398 g/mol.